The van der Waals surface area contributed by atoms with Crippen molar-refractivity contribution in [1.29, 1.82) is 0 Å². The third kappa shape index (κ3) is 5.71. The fourth-order valence-electron chi connectivity index (χ4n) is 2.39. The molecule has 0 bridgehead atoms. The van der Waals surface area contributed by atoms with E-state index in [1.165, 1.54) is 6.07 Å². The van der Waals surface area contributed by atoms with Crippen LogP contribution in [-0.4, -0.2) is 24.1 Å². The maximum atomic E-state index is 12.0. The van der Waals surface area contributed by atoms with Gasteiger partial charge in [0.15, 0.2) is 6.61 Å². The predicted molar refractivity (Wildman–Crippen MR) is 110 cm³/mol. The van der Waals surface area contributed by atoms with Gasteiger partial charge in [-0.25, -0.2) is 5.43 Å². The van der Waals surface area contributed by atoms with Crippen molar-refractivity contribution in [2.45, 2.75) is 19.8 Å². The maximum Gasteiger partial charge on any atom is 0.277 e. The fourth-order valence-corrected chi connectivity index (χ4v) is 2.85. The Morgan fingerprint density at radius 2 is 1.96 bits per heavy atom. The lowest BCUT2D eigenvalue weighted by molar-refractivity contribution is -0.123. The number of nitrogens with zero attached hydrogens (tertiary/aromatic N) is 1. The van der Waals surface area contributed by atoms with E-state index in [9.17, 15) is 9.59 Å². The van der Waals surface area contributed by atoms with Crippen LogP contribution in [0.25, 0.3) is 0 Å². The van der Waals surface area contributed by atoms with E-state index in [2.05, 4.69) is 15.8 Å². The number of hydrogen-bond donors (Lipinski definition) is 2. The van der Waals surface area contributed by atoms with Crippen molar-refractivity contribution in [1.82, 2.24) is 5.43 Å². The van der Waals surface area contributed by atoms with E-state index >= 15 is 0 Å². The molecule has 8 heteroatoms. The van der Waals surface area contributed by atoms with Crippen LogP contribution in [0.2, 0.25) is 10.0 Å². The van der Waals surface area contributed by atoms with Crippen LogP contribution >= 0.6 is 23.2 Å². The van der Waals surface area contributed by atoms with E-state index in [1.54, 1.807) is 19.1 Å². The summed E-state index contributed by atoms with van der Waals surface area (Å²) in [6, 6.07) is 12.1. The minimum absolute atomic E-state index is 0.0399. The van der Waals surface area contributed by atoms with E-state index in [-0.39, 0.29) is 18.4 Å². The monoisotopic (exact) mass is 419 g/mol. The van der Waals surface area contributed by atoms with Crippen molar-refractivity contribution in [2.24, 2.45) is 11.0 Å². The van der Waals surface area contributed by atoms with Gasteiger partial charge < -0.3 is 10.1 Å². The summed E-state index contributed by atoms with van der Waals surface area (Å²) < 4.78 is 5.36. The minimum atomic E-state index is -0.427. The summed E-state index contributed by atoms with van der Waals surface area (Å²) in [7, 11) is 0. The molecule has 1 saturated carbocycles. The molecule has 2 aromatic rings. The number of anilines is 1. The number of nitrogens with one attached hydrogen (secondary N) is 2. The van der Waals surface area contributed by atoms with Crippen molar-refractivity contribution >= 4 is 46.4 Å². The fraction of sp³-hybridized carbons (Fsp3) is 0.250. The van der Waals surface area contributed by atoms with Crippen molar-refractivity contribution in [3.63, 3.8) is 0 Å². The molecule has 0 unspecified atom stereocenters. The zero-order valence-corrected chi connectivity index (χ0v) is 16.7. The van der Waals surface area contributed by atoms with Gasteiger partial charge in [-0.3, -0.25) is 9.59 Å². The van der Waals surface area contributed by atoms with Gasteiger partial charge in [0, 0.05) is 16.6 Å². The molecule has 2 N–H and O–H groups in total. The molecule has 0 radical (unpaired) electrons. The van der Waals surface area contributed by atoms with Crippen LogP contribution in [0.3, 0.4) is 0 Å². The van der Waals surface area contributed by atoms with Crippen LogP contribution < -0.4 is 15.5 Å². The summed E-state index contributed by atoms with van der Waals surface area (Å²) in [4.78, 5) is 23.8. The molecule has 1 aliphatic carbocycles. The molecule has 0 heterocycles. The molecule has 1 fully saturated rings. The molecular formula is C20H19Cl2N3O3. The molecule has 28 heavy (non-hydrogen) atoms. The van der Waals surface area contributed by atoms with Crippen LogP contribution in [0, 0.1) is 5.92 Å². The molecule has 2 aromatic carbocycles. The van der Waals surface area contributed by atoms with E-state index in [0.29, 0.717) is 27.2 Å². The van der Waals surface area contributed by atoms with Crippen LogP contribution in [0.5, 0.6) is 5.75 Å². The van der Waals surface area contributed by atoms with Gasteiger partial charge in [-0.15, -0.1) is 0 Å². The Hall–Kier alpha value is -2.57. The first-order chi connectivity index (χ1) is 13.4. The Labute approximate surface area is 172 Å². The van der Waals surface area contributed by atoms with Crippen LogP contribution in [0.4, 0.5) is 5.69 Å². The summed E-state index contributed by atoms with van der Waals surface area (Å²) in [5, 5.41) is 7.78. The molecule has 2 amide bonds. The van der Waals surface area contributed by atoms with Gasteiger partial charge in [-0.2, -0.15) is 5.10 Å². The summed E-state index contributed by atoms with van der Waals surface area (Å²) >= 11 is 11.8. The van der Waals surface area contributed by atoms with Gasteiger partial charge in [-0.1, -0.05) is 35.3 Å². The SMILES string of the molecule is C/C(=N/NC(=O)COc1ccc(Cl)cc1Cl)c1cccc(NC(=O)C2CC2)c1. The highest BCUT2D eigenvalue weighted by Gasteiger charge is 2.29. The smallest absolute Gasteiger partial charge is 0.277 e. The second-order valence-corrected chi connectivity index (χ2v) is 7.28. The standard InChI is InChI=1S/C20H19Cl2N3O3/c1-12(14-3-2-4-16(9-14)23-20(27)13-5-6-13)24-25-19(26)11-28-18-8-7-15(21)10-17(18)22/h2-4,7-10,13H,5-6,11H2,1H3,(H,23,27)(H,25,26)/b24-12-. The van der Waals surface area contributed by atoms with Crippen molar-refractivity contribution in [3.05, 3.63) is 58.1 Å². The molecule has 0 aromatic heterocycles. The lowest BCUT2D eigenvalue weighted by Gasteiger charge is -2.08. The number of halogens is 2. The lowest BCUT2D eigenvalue weighted by atomic mass is 10.1. The molecule has 146 valence electrons. The van der Waals surface area contributed by atoms with Gasteiger partial charge in [0.1, 0.15) is 5.75 Å². The first-order valence-corrected chi connectivity index (χ1v) is 9.50. The second kappa shape index (κ2) is 9.08. The molecule has 0 saturated heterocycles. The number of carbonyl (C=O) groups excluding carboxylic acids is 2. The zero-order chi connectivity index (χ0) is 20.1. The number of ether oxygens (including phenoxy) is 1. The Morgan fingerprint density at radius 3 is 2.68 bits per heavy atom. The largest absolute Gasteiger partial charge is 0.482 e. The quantitative estimate of drug-likeness (QED) is 0.519. The van der Waals surface area contributed by atoms with E-state index in [1.807, 2.05) is 24.3 Å². The number of benzene rings is 2. The van der Waals surface area contributed by atoms with Gasteiger partial charge in [0.05, 0.1) is 10.7 Å². The number of amides is 2. The average molecular weight is 420 g/mol. The van der Waals surface area contributed by atoms with E-state index < -0.39 is 5.91 Å². The van der Waals surface area contributed by atoms with Crippen LogP contribution in [-0.2, 0) is 9.59 Å². The number of rotatable bonds is 7. The topological polar surface area (TPSA) is 79.8 Å². The molecule has 0 atom stereocenters. The Balaban J connectivity index is 1.54. The van der Waals surface area contributed by atoms with E-state index in [4.69, 9.17) is 27.9 Å². The van der Waals surface area contributed by atoms with E-state index in [0.717, 1.165) is 18.4 Å². The first kappa shape index (κ1) is 20.2. The third-order valence-corrected chi connectivity index (χ3v) is 4.63. The Bertz CT molecular complexity index is 927. The summed E-state index contributed by atoms with van der Waals surface area (Å²) in [6.07, 6.45) is 1.89. The highest BCUT2D eigenvalue weighted by atomic mass is 35.5. The summed E-state index contributed by atoms with van der Waals surface area (Å²) in [5.41, 5.74) is 4.53. The highest BCUT2D eigenvalue weighted by Crippen LogP contribution is 2.30. The number of hydrogen-bond acceptors (Lipinski definition) is 4. The van der Waals surface area contributed by atoms with Crippen LogP contribution in [0.15, 0.2) is 47.6 Å². The second-order valence-electron chi connectivity index (χ2n) is 6.44. The predicted octanol–water partition coefficient (Wildman–Crippen LogP) is 4.26. The number of carbonyl (C=O) groups is 2. The Kier molecular flexibility index (Phi) is 6.54. The van der Waals surface area contributed by atoms with Gasteiger partial charge >= 0.3 is 0 Å². The third-order valence-electron chi connectivity index (χ3n) is 4.10. The zero-order valence-electron chi connectivity index (χ0n) is 15.2. The summed E-state index contributed by atoms with van der Waals surface area (Å²) in [5.74, 6) is 0.106. The molecule has 0 spiro atoms. The summed E-state index contributed by atoms with van der Waals surface area (Å²) in [6.45, 7) is 1.52. The highest BCUT2D eigenvalue weighted by molar-refractivity contribution is 6.35. The minimum Gasteiger partial charge on any atom is -0.482 e. The lowest BCUT2D eigenvalue weighted by Crippen LogP contribution is -2.25. The van der Waals surface area contributed by atoms with Gasteiger partial charge in [0.25, 0.3) is 5.91 Å². The molecule has 0 aliphatic heterocycles. The van der Waals surface area contributed by atoms with Crippen molar-refractivity contribution < 1.29 is 14.3 Å². The van der Waals surface area contributed by atoms with Crippen LogP contribution in [0.1, 0.15) is 25.3 Å². The molecule has 1 aliphatic rings. The first-order valence-electron chi connectivity index (χ1n) is 8.74. The maximum absolute atomic E-state index is 12.0. The normalized spacial score (nSPS) is 13.8. The van der Waals surface area contributed by atoms with Crippen molar-refractivity contribution in [2.75, 3.05) is 11.9 Å². The molecule has 6 nitrogen and oxygen atoms in total. The average Bonchev–Trinajstić information content (AvgIpc) is 3.51. The van der Waals surface area contributed by atoms with Crippen molar-refractivity contribution in [3.8, 4) is 5.75 Å². The van der Waals surface area contributed by atoms with Gasteiger partial charge in [-0.05, 0) is 55.7 Å². The Morgan fingerprint density at radius 1 is 1.18 bits per heavy atom. The molecule has 3 rings (SSSR count). The van der Waals surface area contributed by atoms with Gasteiger partial charge in [0.2, 0.25) is 5.91 Å². The molecular weight excluding hydrogens is 401 g/mol. The number of hydrazone groups is 1.